The normalized spacial score (nSPS) is 10.8. The lowest BCUT2D eigenvalue weighted by molar-refractivity contribution is -0.391. The summed E-state index contributed by atoms with van der Waals surface area (Å²) in [5, 5.41) is 18.7. The van der Waals surface area contributed by atoms with Crippen molar-refractivity contribution in [3.8, 4) is 0 Å². The van der Waals surface area contributed by atoms with Crippen LogP contribution in [-0.4, -0.2) is 29.5 Å². The molecule has 0 aliphatic heterocycles. The summed E-state index contributed by atoms with van der Waals surface area (Å²) in [5.41, 5.74) is 0.918. The highest BCUT2D eigenvalue weighted by Crippen LogP contribution is 2.12. The third kappa shape index (κ3) is 2.36. The van der Waals surface area contributed by atoms with E-state index in [1.807, 2.05) is 6.20 Å². The van der Waals surface area contributed by atoms with Gasteiger partial charge in [-0.15, -0.1) is 5.10 Å². The highest BCUT2D eigenvalue weighted by molar-refractivity contribution is 5.18. The van der Waals surface area contributed by atoms with Gasteiger partial charge in [0, 0.05) is 6.20 Å². The second-order valence-corrected chi connectivity index (χ2v) is 4.01. The van der Waals surface area contributed by atoms with Crippen LogP contribution in [0.5, 0.6) is 0 Å². The first-order valence-electron chi connectivity index (χ1n) is 5.65. The maximum atomic E-state index is 10.7. The first-order chi connectivity index (χ1) is 8.61. The molecule has 2 aromatic rings. The van der Waals surface area contributed by atoms with Gasteiger partial charge in [-0.3, -0.25) is 0 Å². The van der Waals surface area contributed by atoms with Crippen molar-refractivity contribution in [3.05, 3.63) is 34.0 Å². The lowest BCUT2D eigenvalue weighted by Crippen LogP contribution is -2.08. The van der Waals surface area contributed by atoms with E-state index in [-0.39, 0.29) is 5.82 Å². The molecule has 8 heteroatoms. The molecule has 0 aliphatic rings. The minimum atomic E-state index is -0.458. The molecule has 0 radical (unpaired) electrons. The van der Waals surface area contributed by atoms with E-state index >= 15 is 0 Å². The van der Waals surface area contributed by atoms with Crippen molar-refractivity contribution in [1.82, 2.24) is 24.5 Å². The van der Waals surface area contributed by atoms with Gasteiger partial charge in [-0.25, -0.2) is 14.2 Å². The van der Waals surface area contributed by atoms with E-state index in [1.165, 1.54) is 10.8 Å². The van der Waals surface area contributed by atoms with Crippen molar-refractivity contribution in [3.63, 3.8) is 0 Å². The Labute approximate surface area is 103 Å². The Morgan fingerprint density at radius 2 is 2.28 bits per heavy atom. The summed E-state index contributed by atoms with van der Waals surface area (Å²) in [5.74, 6) is 0.550. The van der Waals surface area contributed by atoms with Crippen LogP contribution in [0.1, 0.15) is 24.9 Å². The highest BCUT2D eigenvalue weighted by Gasteiger charge is 2.17. The van der Waals surface area contributed by atoms with Gasteiger partial charge in [-0.05, 0) is 11.3 Å². The van der Waals surface area contributed by atoms with Gasteiger partial charge >= 0.3 is 5.82 Å². The maximum Gasteiger partial charge on any atom is 0.342 e. The van der Waals surface area contributed by atoms with Crippen LogP contribution in [0.3, 0.4) is 0 Å². The molecule has 0 amide bonds. The van der Waals surface area contributed by atoms with Gasteiger partial charge < -0.3 is 10.1 Å². The Bertz CT molecular complexity index is 558. The van der Waals surface area contributed by atoms with Gasteiger partial charge in [-0.1, -0.05) is 18.6 Å². The van der Waals surface area contributed by atoms with Gasteiger partial charge in [0.1, 0.15) is 12.7 Å². The van der Waals surface area contributed by atoms with Crippen LogP contribution < -0.4 is 0 Å². The monoisotopic (exact) mass is 250 g/mol. The minimum absolute atomic E-state index is 0.0288. The molecule has 0 aliphatic carbocycles. The van der Waals surface area contributed by atoms with E-state index < -0.39 is 4.92 Å². The van der Waals surface area contributed by atoms with Crippen molar-refractivity contribution in [2.24, 2.45) is 7.05 Å². The number of hydrogen-bond acceptors (Lipinski definition) is 5. The largest absolute Gasteiger partial charge is 0.358 e. The Morgan fingerprint density at radius 3 is 2.89 bits per heavy atom. The van der Waals surface area contributed by atoms with Crippen LogP contribution in [0.15, 0.2) is 12.4 Å². The standard InChI is InChI=1S/C10H14N6O2/c1-3-4-8-6-15(13-12-8)7-9-11-5-10(14(9)2)16(17)18/h5-6H,3-4,7H2,1-2H3. The first kappa shape index (κ1) is 12.2. The number of aromatic nitrogens is 5. The Morgan fingerprint density at radius 1 is 1.50 bits per heavy atom. The summed E-state index contributed by atoms with van der Waals surface area (Å²) in [4.78, 5) is 14.2. The lowest BCUT2D eigenvalue weighted by atomic mass is 10.3. The van der Waals surface area contributed by atoms with Crippen molar-refractivity contribution in [2.75, 3.05) is 0 Å². The SMILES string of the molecule is CCCc1cn(Cc2ncc([N+](=O)[O-])n2C)nn1. The van der Waals surface area contributed by atoms with Crippen molar-refractivity contribution in [2.45, 2.75) is 26.3 Å². The van der Waals surface area contributed by atoms with E-state index in [0.29, 0.717) is 12.4 Å². The Kier molecular flexibility index (Phi) is 3.35. The quantitative estimate of drug-likeness (QED) is 0.581. The molecule has 2 heterocycles. The Balaban J connectivity index is 2.15. The molecule has 0 fully saturated rings. The summed E-state index contributed by atoms with van der Waals surface area (Å²) >= 11 is 0. The number of hydrogen-bond donors (Lipinski definition) is 0. The molecule has 0 saturated heterocycles. The number of rotatable bonds is 5. The zero-order chi connectivity index (χ0) is 13.1. The van der Waals surface area contributed by atoms with Gasteiger partial charge in [0.15, 0.2) is 0 Å². The minimum Gasteiger partial charge on any atom is -0.358 e. The highest BCUT2D eigenvalue weighted by atomic mass is 16.6. The average Bonchev–Trinajstić information content (AvgIpc) is 2.89. The fraction of sp³-hybridized carbons (Fsp3) is 0.500. The summed E-state index contributed by atoms with van der Waals surface area (Å²) in [6.45, 7) is 2.45. The molecule has 0 atom stereocenters. The molecule has 0 N–H and O–H groups in total. The fourth-order valence-electron chi connectivity index (χ4n) is 1.69. The van der Waals surface area contributed by atoms with E-state index in [2.05, 4.69) is 22.2 Å². The molecular weight excluding hydrogens is 236 g/mol. The van der Waals surface area contributed by atoms with Gasteiger partial charge in [0.05, 0.1) is 12.7 Å². The predicted molar refractivity (Wildman–Crippen MR) is 63.0 cm³/mol. The molecule has 18 heavy (non-hydrogen) atoms. The average molecular weight is 250 g/mol. The molecule has 0 saturated carbocycles. The Hall–Kier alpha value is -2.25. The van der Waals surface area contributed by atoms with E-state index in [1.54, 1.807) is 11.7 Å². The third-order valence-electron chi connectivity index (χ3n) is 2.64. The fourth-order valence-corrected chi connectivity index (χ4v) is 1.69. The van der Waals surface area contributed by atoms with E-state index in [0.717, 1.165) is 18.5 Å². The summed E-state index contributed by atoms with van der Waals surface area (Å²) in [6, 6.07) is 0. The lowest BCUT2D eigenvalue weighted by Gasteiger charge is -1.98. The molecule has 96 valence electrons. The van der Waals surface area contributed by atoms with Crippen LogP contribution in [0.4, 0.5) is 5.82 Å². The van der Waals surface area contributed by atoms with Crippen LogP contribution in [0, 0.1) is 10.1 Å². The molecule has 2 aromatic heterocycles. The zero-order valence-corrected chi connectivity index (χ0v) is 10.3. The predicted octanol–water partition coefficient (Wildman–Crippen LogP) is 0.921. The number of aryl methyl sites for hydroxylation is 1. The second-order valence-electron chi connectivity index (χ2n) is 4.01. The first-order valence-corrected chi connectivity index (χ1v) is 5.65. The van der Waals surface area contributed by atoms with E-state index in [9.17, 15) is 10.1 Å². The molecule has 0 spiro atoms. The second kappa shape index (κ2) is 4.94. The number of nitrogens with zero attached hydrogens (tertiary/aromatic N) is 6. The van der Waals surface area contributed by atoms with Crippen molar-refractivity contribution < 1.29 is 4.92 Å². The van der Waals surface area contributed by atoms with Crippen LogP contribution >= 0.6 is 0 Å². The molecule has 2 rings (SSSR count). The summed E-state index contributed by atoms with van der Waals surface area (Å²) in [7, 11) is 1.62. The number of imidazole rings is 1. The molecular formula is C10H14N6O2. The molecule has 0 unspecified atom stereocenters. The molecule has 0 bridgehead atoms. The number of nitro groups is 1. The van der Waals surface area contributed by atoms with Gasteiger partial charge in [-0.2, -0.15) is 0 Å². The molecule has 8 nitrogen and oxygen atoms in total. The van der Waals surface area contributed by atoms with E-state index in [4.69, 9.17) is 0 Å². The molecule has 0 aromatic carbocycles. The van der Waals surface area contributed by atoms with Gasteiger partial charge in [0.25, 0.3) is 0 Å². The van der Waals surface area contributed by atoms with Crippen LogP contribution in [0.25, 0.3) is 0 Å². The maximum absolute atomic E-state index is 10.7. The summed E-state index contributed by atoms with van der Waals surface area (Å²) < 4.78 is 3.08. The van der Waals surface area contributed by atoms with Crippen molar-refractivity contribution in [1.29, 1.82) is 0 Å². The van der Waals surface area contributed by atoms with Gasteiger partial charge in [0.2, 0.25) is 5.82 Å². The smallest absolute Gasteiger partial charge is 0.342 e. The third-order valence-corrected chi connectivity index (χ3v) is 2.64. The zero-order valence-electron chi connectivity index (χ0n) is 10.3. The van der Waals surface area contributed by atoms with Crippen molar-refractivity contribution >= 4 is 5.82 Å². The summed E-state index contributed by atoms with van der Waals surface area (Å²) in [6.07, 6.45) is 4.97. The topological polar surface area (TPSA) is 91.7 Å². The van der Waals surface area contributed by atoms with Crippen LogP contribution in [0.2, 0.25) is 0 Å². The van der Waals surface area contributed by atoms with Crippen LogP contribution in [-0.2, 0) is 20.0 Å².